The number of benzene rings is 1. The third-order valence-electron chi connectivity index (χ3n) is 2.64. The highest BCUT2D eigenvalue weighted by molar-refractivity contribution is 6.32. The van der Waals surface area contributed by atoms with Gasteiger partial charge in [0.25, 0.3) is 0 Å². The lowest BCUT2D eigenvalue weighted by Gasteiger charge is -2.08. The van der Waals surface area contributed by atoms with Crippen LogP contribution in [0.1, 0.15) is 12.0 Å². The van der Waals surface area contributed by atoms with Gasteiger partial charge in [0, 0.05) is 12.2 Å². The summed E-state index contributed by atoms with van der Waals surface area (Å²) in [7, 11) is 0. The average molecular weight is 270 g/mol. The molecule has 0 unspecified atom stereocenters. The highest BCUT2D eigenvalue weighted by Gasteiger charge is 2.15. The summed E-state index contributed by atoms with van der Waals surface area (Å²) in [5.41, 5.74) is 6.82. The van der Waals surface area contributed by atoms with Crippen molar-refractivity contribution in [2.24, 2.45) is 0 Å². The lowest BCUT2D eigenvalue weighted by Crippen LogP contribution is -2.06. The molecule has 3 N–H and O–H groups in total. The van der Waals surface area contributed by atoms with Crippen LogP contribution in [0.2, 0.25) is 5.02 Å². The number of rotatable bonds is 4. The van der Waals surface area contributed by atoms with E-state index in [0.717, 1.165) is 5.56 Å². The number of nitrogen functional groups attached to an aromatic ring is 1. The monoisotopic (exact) mass is 269 g/mol. The number of nitrogens with zero attached hydrogens (tertiary/aromatic N) is 2. The minimum absolute atomic E-state index is 0.0745. The fraction of sp³-hybridized carbons (Fsp3) is 0.250. The van der Waals surface area contributed by atoms with Gasteiger partial charge < -0.3 is 10.8 Å². The van der Waals surface area contributed by atoms with Gasteiger partial charge in [-0.2, -0.15) is 5.10 Å². The molecule has 6 heteroatoms. The van der Waals surface area contributed by atoms with Crippen molar-refractivity contribution in [3.05, 3.63) is 40.8 Å². The van der Waals surface area contributed by atoms with Crippen molar-refractivity contribution in [2.75, 3.05) is 12.3 Å². The number of halogens is 2. The molecule has 0 fully saturated rings. The van der Waals surface area contributed by atoms with Gasteiger partial charge in [0.1, 0.15) is 17.3 Å². The number of hydrogen-bond donors (Lipinski definition) is 2. The zero-order valence-electron chi connectivity index (χ0n) is 9.61. The predicted molar refractivity (Wildman–Crippen MR) is 68.4 cm³/mol. The summed E-state index contributed by atoms with van der Waals surface area (Å²) in [6.07, 6.45) is 2.74. The van der Waals surface area contributed by atoms with Crippen molar-refractivity contribution in [3.63, 3.8) is 0 Å². The molecule has 0 atom stereocenters. The molecule has 0 spiro atoms. The molecular formula is C12H13ClFN3O. The van der Waals surface area contributed by atoms with E-state index in [4.69, 9.17) is 22.4 Å². The SMILES string of the molecule is Nc1c(CCCO)cnn1-c1c(F)cccc1Cl. The Balaban J connectivity index is 2.43. The molecule has 0 aliphatic carbocycles. The van der Waals surface area contributed by atoms with Crippen LogP contribution in [-0.2, 0) is 6.42 Å². The van der Waals surface area contributed by atoms with E-state index >= 15 is 0 Å². The molecule has 0 aliphatic heterocycles. The van der Waals surface area contributed by atoms with Crippen molar-refractivity contribution in [1.29, 1.82) is 0 Å². The molecule has 2 aromatic rings. The van der Waals surface area contributed by atoms with Crippen molar-refractivity contribution < 1.29 is 9.50 Å². The molecular weight excluding hydrogens is 257 g/mol. The van der Waals surface area contributed by atoms with Crippen LogP contribution in [0.4, 0.5) is 10.2 Å². The molecule has 2 rings (SSSR count). The summed E-state index contributed by atoms with van der Waals surface area (Å²) in [6.45, 7) is 0.0745. The van der Waals surface area contributed by atoms with Crippen LogP contribution in [0.25, 0.3) is 5.69 Å². The normalized spacial score (nSPS) is 10.8. The lowest BCUT2D eigenvalue weighted by molar-refractivity contribution is 0.288. The third kappa shape index (κ3) is 2.32. The van der Waals surface area contributed by atoms with Crippen LogP contribution in [0, 0.1) is 5.82 Å². The fourth-order valence-corrected chi connectivity index (χ4v) is 1.97. The van der Waals surface area contributed by atoms with Gasteiger partial charge in [-0.3, -0.25) is 0 Å². The molecule has 1 aromatic carbocycles. The smallest absolute Gasteiger partial charge is 0.150 e. The van der Waals surface area contributed by atoms with E-state index in [1.54, 1.807) is 12.3 Å². The maximum Gasteiger partial charge on any atom is 0.150 e. The Labute approximate surface area is 109 Å². The summed E-state index contributed by atoms with van der Waals surface area (Å²) in [5.74, 6) is -0.138. The van der Waals surface area contributed by atoms with E-state index in [1.807, 2.05) is 0 Å². The highest BCUT2D eigenvalue weighted by atomic mass is 35.5. The molecule has 0 amide bonds. The quantitative estimate of drug-likeness (QED) is 0.894. The van der Waals surface area contributed by atoms with Gasteiger partial charge in [0.15, 0.2) is 0 Å². The summed E-state index contributed by atoms with van der Waals surface area (Å²) >= 11 is 5.95. The van der Waals surface area contributed by atoms with E-state index in [9.17, 15) is 4.39 Å². The molecule has 0 aliphatic rings. The van der Waals surface area contributed by atoms with Gasteiger partial charge >= 0.3 is 0 Å². The standard InChI is InChI=1S/C12H13ClFN3O/c13-9-4-1-5-10(14)11(9)17-12(15)8(7-16-17)3-2-6-18/h1,4-5,7,18H,2-3,6,15H2. The van der Waals surface area contributed by atoms with E-state index in [2.05, 4.69) is 5.10 Å². The average Bonchev–Trinajstić information content (AvgIpc) is 2.69. The molecule has 0 bridgehead atoms. The summed E-state index contributed by atoms with van der Waals surface area (Å²) < 4.78 is 15.0. The number of aromatic nitrogens is 2. The molecule has 0 radical (unpaired) electrons. The predicted octanol–water partition coefficient (Wildman–Crippen LogP) is 2.17. The number of para-hydroxylation sites is 1. The van der Waals surface area contributed by atoms with Crippen LogP contribution in [0.5, 0.6) is 0 Å². The number of anilines is 1. The van der Waals surface area contributed by atoms with Crippen molar-refractivity contribution in [2.45, 2.75) is 12.8 Å². The Morgan fingerprint density at radius 3 is 2.89 bits per heavy atom. The Morgan fingerprint density at radius 1 is 1.44 bits per heavy atom. The first-order valence-electron chi connectivity index (χ1n) is 5.52. The first-order chi connectivity index (χ1) is 8.65. The fourth-order valence-electron chi connectivity index (χ4n) is 1.72. The van der Waals surface area contributed by atoms with E-state index < -0.39 is 5.82 Å². The van der Waals surface area contributed by atoms with Crippen LogP contribution in [-0.4, -0.2) is 21.5 Å². The number of aliphatic hydroxyl groups excluding tert-OH is 1. The van der Waals surface area contributed by atoms with Gasteiger partial charge in [-0.1, -0.05) is 17.7 Å². The van der Waals surface area contributed by atoms with Crippen molar-refractivity contribution in [3.8, 4) is 5.69 Å². The van der Waals surface area contributed by atoms with Gasteiger partial charge in [-0.05, 0) is 25.0 Å². The van der Waals surface area contributed by atoms with Crippen molar-refractivity contribution >= 4 is 17.4 Å². The summed E-state index contributed by atoms with van der Waals surface area (Å²) in [4.78, 5) is 0. The maximum absolute atomic E-state index is 13.7. The van der Waals surface area contributed by atoms with Gasteiger partial charge in [0.05, 0.1) is 11.2 Å². The molecule has 1 heterocycles. The minimum atomic E-state index is -0.481. The summed E-state index contributed by atoms with van der Waals surface area (Å²) in [5, 5.41) is 13.1. The number of hydrogen-bond acceptors (Lipinski definition) is 3. The van der Waals surface area contributed by atoms with Crippen LogP contribution < -0.4 is 5.73 Å². The molecule has 96 valence electrons. The van der Waals surface area contributed by atoms with Crippen LogP contribution in [0.3, 0.4) is 0 Å². The van der Waals surface area contributed by atoms with E-state index in [-0.39, 0.29) is 17.3 Å². The molecule has 18 heavy (non-hydrogen) atoms. The topological polar surface area (TPSA) is 64.1 Å². The van der Waals surface area contributed by atoms with Gasteiger partial charge in [0.2, 0.25) is 0 Å². The Kier molecular flexibility index (Phi) is 3.84. The summed E-state index contributed by atoms with van der Waals surface area (Å²) in [6, 6.07) is 4.40. The molecule has 0 saturated carbocycles. The Bertz CT molecular complexity index is 536. The van der Waals surface area contributed by atoms with Gasteiger partial charge in [-0.25, -0.2) is 9.07 Å². The second-order valence-corrected chi connectivity index (χ2v) is 4.27. The third-order valence-corrected chi connectivity index (χ3v) is 2.94. The molecule has 1 aromatic heterocycles. The van der Waals surface area contributed by atoms with Crippen molar-refractivity contribution in [1.82, 2.24) is 9.78 Å². The number of nitrogens with two attached hydrogens (primary N) is 1. The number of aryl methyl sites for hydroxylation is 1. The van der Waals surface area contributed by atoms with E-state index in [0.29, 0.717) is 18.7 Å². The lowest BCUT2D eigenvalue weighted by atomic mass is 10.2. The van der Waals surface area contributed by atoms with Gasteiger partial charge in [-0.15, -0.1) is 0 Å². The second kappa shape index (κ2) is 5.37. The largest absolute Gasteiger partial charge is 0.396 e. The van der Waals surface area contributed by atoms with Crippen LogP contribution >= 0.6 is 11.6 Å². The Hall–Kier alpha value is -1.59. The molecule has 4 nitrogen and oxygen atoms in total. The highest BCUT2D eigenvalue weighted by Crippen LogP contribution is 2.26. The minimum Gasteiger partial charge on any atom is -0.396 e. The first kappa shape index (κ1) is 12.9. The van der Waals surface area contributed by atoms with Crippen LogP contribution in [0.15, 0.2) is 24.4 Å². The Morgan fingerprint density at radius 2 is 2.22 bits per heavy atom. The maximum atomic E-state index is 13.7. The number of aliphatic hydroxyl groups is 1. The molecule has 0 saturated heterocycles. The second-order valence-electron chi connectivity index (χ2n) is 3.86. The zero-order chi connectivity index (χ0) is 13.1. The first-order valence-corrected chi connectivity index (χ1v) is 5.90. The zero-order valence-corrected chi connectivity index (χ0v) is 10.4. The van der Waals surface area contributed by atoms with E-state index in [1.165, 1.54) is 16.8 Å².